The van der Waals surface area contributed by atoms with Crippen LogP contribution in [0.4, 0.5) is 26.3 Å². The number of phenolic OH excluding ortho intramolecular Hbond substituents is 1. The summed E-state index contributed by atoms with van der Waals surface area (Å²) < 4.78 is 79.5. The molecule has 0 radical (unpaired) electrons. The highest BCUT2D eigenvalue weighted by Gasteiger charge is 2.64. The minimum atomic E-state index is -5.47. The van der Waals surface area contributed by atoms with Crippen LogP contribution in [0.2, 0.25) is 5.02 Å². The van der Waals surface area contributed by atoms with Crippen molar-refractivity contribution >= 4 is 11.6 Å². The Balaban J connectivity index is 1.11. The molecule has 1 aromatic rings. The Morgan fingerprint density at radius 2 is 1.65 bits per heavy atom. The van der Waals surface area contributed by atoms with Crippen LogP contribution in [-0.2, 0) is 6.42 Å². The van der Waals surface area contributed by atoms with Crippen LogP contribution in [0, 0.1) is 23.2 Å². The zero-order valence-corrected chi connectivity index (χ0v) is 28.1. The van der Waals surface area contributed by atoms with Gasteiger partial charge in [-0.15, -0.1) is 0 Å². The maximum absolute atomic E-state index is 16.2. The number of aliphatic hydroxyl groups is 1. The number of aromatic hydroxyl groups is 1. The average Bonchev–Trinajstić information content (AvgIpc) is 3.51. The van der Waals surface area contributed by atoms with E-state index in [0.29, 0.717) is 43.2 Å². The summed E-state index contributed by atoms with van der Waals surface area (Å²) in [4.78, 5) is 2.51. The molecule has 262 valence electrons. The summed E-state index contributed by atoms with van der Waals surface area (Å²) >= 11 is 6.62. The maximum Gasteiger partial charge on any atom is 0.453 e. The molecule has 10 heteroatoms. The van der Waals surface area contributed by atoms with Gasteiger partial charge in [0.1, 0.15) is 11.9 Å². The first kappa shape index (κ1) is 36.1. The summed E-state index contributed by atoms with van der Waals surface area (Å²) in [5.41, 5.74) is 0.462. The Hall–Kier alpha value is -1.19. The Kier molecular flexibility index (Phi) is 11.0. The van der Waals surface area contributed by atoms with E-state index in [4.69, 9.17) is 11.6 Å². The van der Waals surface area contributed by atoms with Crippen molar-refractivity contribution in [1.29, 1.82) is 0 Å². The first-order valence-corrected chi connectivity index (χ1v) is 18.0. The van der Waals surface area contributed by atoms with Crippen LogP contribution in [0.3, 0.4) is 0 Å². The van der Waals surface area contributed by atoms with Gasteiger partial charge in [-0.25, -0.2) is 4.39 Å². The summed E-state index contributed by atoms with van der Waals surface area (Å²) in [5, 5.41) is 22.1. The lowest BCUT2D eigenvalue weighted by Gasteiger charge is -2.56. The van der Waals surface area contributed by atoms with Gasteiger partial charge < -0.3 is 15.1 Å². The summed E-state index contributed by atoms with van der Waals surface area (Å²) in [6.07, 6.45) is 3.94. The van der Waals surface area contributed by atoms with Crippen LogP contribution in [0.15, 0.2) is 12.1 Å². The van der Waals surface area contributed by atoms with Crippen molar-refractivity contribution in [1.82, 2.24) is 4.90 Å². The van der Waals surface area contributed by atoms with Crippen LogP contribution in [-0.4, -0.2) is 58.1 Å². The van der Waals surface area contributed by atoms with Gasteiger partial charge in [0.2, 0.25) is 0 Å². The van der Waals surface area contributed by atoms with Gasteiger partial charge in [0.25, 0.3) is 0 Å². The van der Waals surface area contributed by atoms with Crippen LogP contribution in [0.1, 0.15) is 127 Å². The van der Waals surface area contributed by atoms with Gasteiger partial charge >= 0.3 is 12.1 Å². The van der Waals surface area contributed by atoms with Crippen molar-refractivity contribution < 1.29 is 36.6 Å². The zero-order valence-electron chi connectivity index (χ0n) is 27.3. The second-order valence-electron chi connectivity index (χ2n) is 15.4. The van der Waals surface area contributed by atoms with Gasteiger partial charge in [-0.2, -0.15) is 22.0 Å². The molecule has 0 spiro atoms. The number of fused-ring (bicyclic) bond motifs is 5. The number of halogens is 7. The molecule has 3 aliphatic carbocycles. The van der Waals surface area contributed by atoms with Gasteiger partial charge in [0, 0.05) is 23.8 Å². The lowest BCUT2D eigenvalue weighted by atomic mass is 9.50. The van der Waals surface area contributed by atoms with Crippen molar-refractivity contribution in [2.45, 2.75) is 152 Å². The van der Waals surface area contributed by atoms with Gasteiger partial charge in [-0.3, -0.25) is 0 Å². The fraction of sp³-hybridized carbons (Fsp3) is 0.833. The molecule has 0 aromatic heterocycles. The van der Waals surface area contributed by atoms with E-state index < -0.39 is 35.7 Å². The van der Waals surface area contributed by atoms with Crippen molar-refractivity contribution in [3.05, 3.63) is 28.3 Å². The quantitative estimate of drug-likeness (QED) is 0.161. The number of benzene rings is 1. The van der Waals surface area contributed by atoms with E-state index in [1.54, 1.807) is 6.07 Å². The van der Waals surface area contributed by atoms with E-state index in [2.05, 4.69) is 11.8 Å². The van der Waals surface area contributed by atoms with Crippen molar-refractivity contribution in [2.75, 3.05) is 13.1 Å². The van der Waals surface area contributed by atoms with Crippen LogP contribution < -0.4 is 0 Å². The number of hydrogen-bond acceptors (Lipinski definition) is 3. The van der Waals surface area contributed by atoms with Gasteiger partial charge in [0.15, 0.2) is 0 Å². The van der Waals surface area contributed by atoms with E-state index in [1.807, 2.05) is 13.0 Å². The highest BCUT2D eigenvalue weighted by molar-refractivity contribution is 6.32. The SMILES string of the molecule is CC12C[C@H](F)[C@@H]3c4ccc(O)c(Cl)c4CC(CCCCCN4CCC[C@H]4CCCCCCC(F)(F)C(F)(F)F)C3[C@@H]1CC[C@@]2(C)O. The smallest absolute Gasteiger partial charge is 0.453 e. The van der Waals surface area contributed by atoms with E-state index >= 15 is 4.39 Å². The third-order valence-electron chi connectivity index (χ3n) is 12.7. The molecule has 5 rings (SSSR count). The van der Waals surface area contributed by atoms with E-state index in [9.17, 15) is 32.2 Å². The summed E-state index contributed by atoms with van der Waals surface area (Å²) in [7, 11) is 0. The minimum absolute atomic E-state index is 0.0423. The second kappa shape index (κ2) is 14.0. The first-order chi connectivity index (χ1) is 21.6. The fourth-order valence-electron chi connectivity index (χ4n) is 9.95. The second-order valence-corrected chi connectivity index (χ2v) is 15.8. The molecule has 0 amide bonds. The van der Waals surface area contributed by atoms with Crippen molar-refractivity contribution in [3.8, 4) is 5.75 Å². The minimum Gasteiger partial charge on any atom is -0.506 e. The molecule has 3 fully saturated rings. The highest BCUT2D eigenvalue weighted by atomic mass is 35.5. The molecule has 3 nitrogen and oxygen atoms in total. The van der Waals surface area contributed by atoms with Crippen molar-refractivity contribution in [3.63, 3.8) is 0 Å². The maximum atomic E-state index is 16.2. The molecule has 2 saturated carbocycles. The predicted molar refractivity (Wildman–Crippen MR) is 169 cm³/mol. The van der Waals surface area contributed by atoms with Crippen LogP contribution in [0.25, 0.3) is 0 Å². The monoisotopic (exact) mass is 679 g/mol. The molecule has 1 aliphatic heterocycles. The number of rotatable bonds is 13. The number of phenols is 1. The van der Waals surface area contributed by atoms with Gasteiger partial charge in [-0.05, 0) is 119 Å². The molecule has 4 aliphatic rings. The Morgan fingerprint density at radius 1 is 0.957 bits per heavy atom. The number of alkyl halides is 6. The molecule has 1 saturated heterocycles. The van der Waals surface area contributed by atoms with Crippen LogP contribution in [0.5, 0.6) is 5.75 Å². The van der Waals surface area contributed by atoms with E-state index in [-0.39, 0.29) is 35.8 Å². The van der Waals surface area contributed by atoms with Crippen LogP contribution >= 0.6 is 11.6 Å². The molecular formula is C36H52ClF6NO2. The third kappa shape index (κ3) is 7.08. The number of unbranched alkanes of at least 4 members (excludes halogenated alkanes) is 5. The summed E-state index contributed by atoms with van der Waals surface area (Å²) in [6.45, 7) is 5.98. The fourth-order valence-corrected chi connectivity index (χ4v) is 10.2. The topological polar surface area (TPSA) is 43.7 Å². The number of hydrogen-bond donors (Lipinski definition) is 2. The summed E-state index contributed by atoms with van der Waals surface area (Å²) in [5.74, 6) is -4.25. The van der Waals surface area contributed by atoms with Gasteiger partial charge in [0.05, 0.1) is 10.6 Å². The molecule has 46 heavy (non-hydrogen) atoms. The molecule has 1 aromatic carbocycles. The highest BCUT2D eigenvalue weighted by Crippen LogP contribution is 2.66. The van der Waals surface area contributed by atoms with Gasteiger partial charge in [-0.1, -0.05) is 56.7 Å². The molecule has 2 N–H and O–H groups in total. The molecule has 1 heterocycles. The number of likely N-dealkylation sites (tertiary alicyclic amines) is 1. The zero-order chi connectivity index (χ0) is 33.5. The third-order valence-corrected chi connectivity index (χ3v) is 13.1. The summed E-state index contributed by atoms with van der Waals surface area (Å²) in [6, 6.07) is 3.90. The average molecular weight is 680 g/mol. The lowest BCUT2D eigenvalue weighted by molar-refractivity contribution is -0.284. The van der Waals surface area contributed by atoms with E-state index in [0.717, 1.165) is 82.0 Å². The number of nitrogens with zero attached hydrogens (tertiary/aromatic N) is 1. The Morgan fingerprint density at radius 3 is 2.39 bits per heavy atom. The standard InChI is InChI=1S/C36H52ClF6NO2/c1-33-22-28(38)31-25-14-15-29(45)32(37)26(25)21-23(30(31)27(33)16-18-34(33,2)46)11-6-5-9-19-44-20-10-13-24(44)12-7-3-4-8-17-35(39,40)36(41,42)43/h14-15,23-24,27-28,30-31,45-46H,3-13,16-22H2,1-2H3/t23?,24-,27+,28+,30?,31+,33?,34-/m1/s1. The largest absolute Gasteiger partial charge is 0.506 e. The van der Waals surface area contributed by atoms with Crippen molar-refractivity contribution in [2.24, 2.45) is 23.2 Å². The molecule has 8 atom stereocenters. The predicted octanol–water partition coefficient (Wildman–Crippen LogP) is 10.4. The Labute approximate surface area is 275 Å². The lowest BCUT2D eigenvalue weighted by Crippen LogP contribution is -2.55. The van der Waals surface area contributed by atoms with E-state index in [1.165, 1.54) is 0 Å². The molecular weight excluding hydrogens is 628 g/mol. The molecule has 0 bridgehead atoms. The first-order valence-electron chi connectivity index (χ1n) is 17.6. The normalized spacial score (nSPS) is 34.8. The molecule has 3 unspecified atom stereocenters. The Bertz CT molecular complexity index is 1190.